The number of hydrogen-bond acceptors (Lipinski definition) is 7. The Bertz CT molecular complexity index is 1230. The highest BCUT2D eigenvalue weighted by molar-refractivity contribution is 8.26. The fraction of sp³-hybridized carbons (Fsp3) is 0.633. The molecule has 3 rings (SSSR count). The van der Waals surface area contributed by atoms with E-state index in [2.05, 4.69) is 17.9 Å². The van der Waals surface area contributed by atoms with Crippen LogP contribution in [0.5, 0.6) is 0 Å². The van der Waals surface area contributed by atoms with E-state index in [4.69, 9.17) is 17.3 Å². The Labute approximate surface area is 247 Å². The molecule has 2 aliphatic heterocycles. The van der Waals surface area contributed by atoms with Gasteiger partial charge in [-0.2, -0.15) is 5.26 Å². The third-order valence-corrected chi connectivity index (χ3v) is 9.17. The lowest BCUT2D eigenvalue weighted by atomic mass is 9.98. The first-order chi connectivity index (χ1) is 19.2. The highest BCUT2D eigenvalue weighted by Crippen LogP contribution is 2.37. The summed E-state index contributed by atoms with van der Waals surface area (Å²) in [6.45, 7) is 8.61. The van der Waals surface area contributed by atoms with E-state index >= 15 is 0 Å². The van der Waals surface area contributed by atoms with Crippen molar-refractivity contribution >= 4 is 52.1 Å². The third kappa shape index (κ3) is 7.97. The number of anilines is 1. The van der Waals surface area contributed by atoms with Gasteiger partial charge in [-0.3, -0.25) is 23.9 Å². The lowest BCUT2D eigenvalue weighted by molar-refractivity contribution is -0.137. The fourth-order valence-corrected chi connectivity index (χ4v) is 6.88. The number of carboxylic acids is 1. The minimum absolute atomic E-state index is 0.112. The third-order valence-electron chi connectivity index (χ3n) is 7.79. The predicted molar refractivity (Wildman–Crippen MR) is 166 cm³/mol. The van der Waals surface area contributed by atoms with E-state index in [0.29, 0.717) is 33.8 Å². The number of thiocarbonyl (C=S) groups is 1. The first-order valence-corrected chi connectivity index (χ1v) is 15.8. The summed E-state index contributed by atoms with van der Waals surface area (Å²) in [6, 6.07) is 2.10. The number of hydrogen-bond donors (Lipinski definition) is 1. The number of carboxylic acid groups (broad SMARTS) is 1. The molecule has 0 spiro atoms. The van der Waals surface area contributed by atoms with Crippen LogP contribution in [0.1, 0.15) is 101 Å². The van der Waals surface area contributed by atoms with Crippen molar-refractivity contribution in [3.63, 3.8) is 0 Å². The number of amides is 1. The molecule has 0 saturated carbocycles. The average Bonchev–Trinajstić information content (AvgIpc) is 3.18. The van der Waals surface area contributed by atoms with Gasteiger partial charge in [-0.05, 0) is 57.1 Å². The summed E-state index contributed by atoms with van der Waals surface area (Å²) in [6.07, 6.45) is 12.2. The van der Waals surface area contributed by atoms with Crippen LogP contribution in [0.3, 0.4) is 0 Å². The topological polar surface area (TPSA) is 107 Å². The lowest BCUT2D eigenvalue weighted by Gasteiger charge is -2.35. The van der Waals surface area contributed by atoms with E-state index in [0.717, 1.165) is 88.7 Å². The molecule has 1 aromatic heterocycles. The summed E-state index contributed by atoms with van der Waals surface area (Å²) in [7, 11) is 0. The number of aromatic nitrogens is 1. The Morgan fingerprint density at radius 1 is 1.15 bits per heavy atom. The minimum Gasteiger partial charge on any atom is -0.481 e. The van der Waals surface area contributed by atoms with Crippen LogP contribution in [-0.2, 0) is 16.1 Å². The number of nitrogens with zero attached hydrogens (tertiary/aromatic N) is 4. The van der Waals surface area contributed by atoms with Crippen LogP contribution >= 0.6 is 24.0 Å². The number of unbranched alkanes of at least 4 members (excludes halogenated alkanes) is 7. The summed E-state index contributed by atoms with van der Waals surface area (Å²) in [5, 5.41) is 18.5. The van der Waals surface area contributed by atoms with E-state index in [1.807, 2.05) is 13.0 Å². The quantitative estimate of drug-likeness (QED) is 0.159. The van der Waals surface area contributed by atoms with Crippen LogP contribution in [0.25, 0.3) is 6.08 Å². The van der Waals surface area contributed by atoms with E-state index in [1.165, 1.54) is 11.8 Å². The van der Waals surface area contributed by atoms with Crippen molar-refractivity contribution in [3.8, 4) is 6.07 Å². The zero-order valence-corrected chi connectivity index (χ0v) is 25.7. The molecular formula is C30H42N4O4S2. The summed E-state index contributed by atoms with van der Waals surface area (Å²) in [5.74, 6) is 0.449. The molecule has 2 fully saturated rings. The maximum Gasteiger partial charge on any atom is 0.303 e. The summed E-state index contributed by atoms with van der Waals surface area (Å²) >= 11 is 6.87. The highest BCUT2D eigenvalue weighted by Gasteiger charge is 2.33. The van der Waals surface area contributed by atoms with Gasteiger partial charge in [-0.1, -0.05) is 69.4 Å². The first kappa shape index (κ1) is 31.9. The van der Waals surface area contributed by atoms with E-state index in [-0.39, 0.29) is 23.5 Å². The van der Waals surface area contributed by atoms with Crippen molar-refractivity contribution in [1.82, 2.24) is 9.47 Å². The van der Waals surface area contributed by atoms with Crippen molar-refractivity contribution < 1.29 is 14.7 Å². The molecule has 10 heteroatoms. The number of carbonyl (C=O) groups excluding carboxylic acids is 1. The van der Waals surface area contributed by atoms with Gasteiger partial charge in [0.2, 0.25) is 0 Å². The van der Waals surface area contributed by atoms with Gasteiger partial charge < -0.3 is 10.0 Å². The highest BCUT2D eigenvalue weighted by atomic mass is 32.2. The van der Waals surface area contributed by atoms with Crippen molar-refractivity contribution in [1.29, 1.82) is 5.26 Å². The molecule has 3 heterocycles. The summed E-state index contributed by atoms with van der Waals surface area (Å²) in [4.78, 5) is 41.7. The molecule has 0 bridgehead atoms. The molecule has 8 nitrogen and oxygen atoms in total. The molecular weight excluding hydrogens is 544 g/mol. The number of thioether (sulfide) groups is 1. The molecule has 0 aromatic carbocycles. The van der Waals surface area contributed by atoms with Gasteiger partial charge in [0.15, 0.2) is 0 Å². The van der Waals surface area contributed by atoms with Crippen molar-refractivity contribution in [2.24, 2.45) is 5.92 Å². The second kappa shape index (κ2) is 15.4. The molecule has 2 aliphatic rings. The van der Waals surface area contributed by atoms with Gasteiger partial charge in [-0.15, -0.1) is 0 Å². The van der Waals surface area contributed by atoms with Gasteiger partial charge in [0.25, 0.3) is 11.5 Å². The molecule has 1 amide bonds. The molecule has 1 N–H and O–H groups in total. The summed E-state index contributed by atoms with van der Waals surface area (Å²) in [5.41, 5.74) is 1.22. The van der Waals surface area contributed by atoms with Crippen LogP contribution in [0.2, 0.25) is 0 Å². The SMILES string of the molecule is CCn1c(N2CCCC(C)C2)c(/C=C2\SC(=S)N(CCCCCCCCCCC(=O)O)C2=O)c(C)c(C#N)c1=O. The van der Waals surface area contributed by atoms with Crippen LogP contribution < -0.4 is 10.5 Å². The summed E-state index contributed by atoms with van der Waals surface area (Å²) < 4.78 is 2.23. The molecule has 0 aliphatic carbocycles. The van der Waals surface area contributed by atoms with Crippen LogP contribution in [-0.4, -0.2) is 50.4 Å². The molecule has 0 radical (unpaired) electrons. The zero-order valence-electron chi connectivity index (χ0n) is 24.0. The normalized spacial score (nSPS) is 18.6. The standard InChI is InChI=1S/C30H42N4O4S2/c1-4-33-27(32-16-13-14-21(2)20-32)23(22(3)24(19-31)28(33)37)18-25-29(38)34(30(39)40-25)17-12-10-8-6-5-7-9-11-15-26(35)36/h18,21H,4-17,20H2,1-3H3,(H,35,36)/b25-18-. The van der Waals surface area contributed by atoms with E-state index in [1.54, 1.807) is 16.4 Å². The van der Waals surface area contributed by atoms with Crippen LogP contribution in [0.15, 0.2) is 9.70 Å². The Morgan fingerprint density at radius 2 is 1.80 bits per heavy atom. The van der Waals surface area contributed by atoms with Gasteiger partial charge in [0.05, 0.1) is 4.91 Å². The van der Waals surface area contributed by atoms with Crippen LogP contribution in [0, 0.1) is 24.2 Å². The van der Waals surface area contributed by atoms with Gasteiger partial charge in [-0.25, -0.2) is 0 Å². The van der Waals surface area contributed by atoms with E-state index < -0.39 is 5.97 Å². The van der Waals surface area contributed by atoms with Crippen molar-refractivity contribution in [2.45, 2.75) is 97.9 Å². The fourth-order valence-electron chi connectivity index (χ4n) is 5.59. The van der Waals surface area contributed by atoms with Crippen LogP contribution in [0.4, 0.5) is 5.82 Å². The molecule has 1 atom stereocenters. The predicted octanol–water partition coefficient (Wildman–Crippen LogP) is 6.08. The van der Waals surface area contributed by atoms with Crippen molar-refractivity contribution in [2.75, 3.05) is 24.5 Å². The number of piperidine rings is 1. The molecule has 40 heavy (non-hydrogen) atoms. The first-order valence-electron chi connectivity index (χ1n) is 14.6. The minimum atomic E-state index is -0.727. The average molecular weight is 587 g/mol. The number of rotatable bonds is 14. The molecule has 1 aromatic rings. The lowest BCUT2D eigenvalue weighted by Crippen LogP contribution is -2.40. The maximum atomic E-state index is 13.4. The number of pyridine rings is 1. The monoisotopic (exact) mass is 586 g/mol. The second-order valence-corrected chi connectivity index (χ2v) is 12.6. The van der Waals surface area contributed by atoms with Gasteiger partial charge in [0, 0.05) is 38.2 Å². The second-order valence-electron chi connectivity index (χ2n) is 10.9. The number of nitriles is 1. The van der Waals surface area contributed by atoms with Crippen molar-refractivity contribution in [3.05, 3.63) is 31.9 Å². The number of carbonyl (C=O) groups is 2. The Balaban J connectivity index is 1.70. The molecule has 1 unspecified atom stereocenters. The Hall–Kier alpha value is -2.64. The van der Waals surface area contributed by atoms with E-state index in [9.17, 15) is 19.6 Å². The van der Waals surface area contributed by atoms with Gasteiger partial charge >= 0.3 is 5.97 Å². The number of aliphatic carboxylic acids is 1. The largest absolute Gasteiger partial charge is 0.481 e. The Morgan fingerprint density at radius 3 is 2.40 bits per heavy atom. The Kier molecular flexibility index (Phi) is 12.3. The molecule has 2 saturated heterocycles. The maximum absolute atomic E-state index is 13.4. The molecule has 218 valence electrons. The van der Waals surface area contributed by atoms with Gasteiger partial charge in [0.1, 0.15) is 21.8 Å². The smallest absolute Gasteiger partial charge is 0.303 e. The zero-order chi connectivity index (χ0) is 29.2.